The van der Waals surface area contributed by atoms with Crippen molar-refractivity contribution in [3.05, 3.63) is 0 Å². The monoisotopic (exact) mass is 186 g/mol. The summed E-state index contributed by atoms with van der Waals surface area (Å²) in [6.45, 7) is 3.37. The molecular weight excluding hydrogens is 172 g/mol. The Kier molecular flexibility index (Phi) is 3.25. The van der Waals surface area contributed by atoms with Gasteiger partial charge in [-0.05, 0) is 6.92 Å². The lowest BCUT2D eigenvalue weighted by molar-refractivity contribution is -0.149. The molecule has 0 bridgehead atoms. The van der Waals surface area contributed by atoms with E-state index in [0.29, 0.717) is 19.7 Å². The van der Waals surface area contributed by atoms with Crippen LogP contribution < -0.4 is 5.32 Å². The number of carbonyl (C=O) groups is 2. The third-order valence-corrected chi connectivity index (χ3v) is 1.95. The first-order valence-electron chi connectivity index (χ1n) is 4.27. The van der Waals surface area contributed by atoms with Crippen LogP contribution in [0, 0.1) is 0 Å². The number of hydrogen-bond acceptors (Lipinski definition) is 3. The first kappa shape index (κ1) is 9.98. The van der Waals surface area contributed by atoms with E-state index in [-0.39, 0.29) is 6.10 Å². The minimum absolute atomic E-state index is 0.0161. The summed E-state index contributed by atoms with van der Waals surface area (Å²) in [6.07, 6.45) is 0.0161. The first-order valence-corrected chi connectivity index (χ1v) is 4.27. The van der Waals surface area contributed by atoms with Crippen molar-refractivity contribution in [1.82, 2.24) is 10.2 Å². The Bertz CT molecular complexity index is 217. The van der Waals surface area contributed by atoms with Crippen LogP contribution in [-0.2, 0) is 14.3 Å². The summed E-state index contributed by atoms with van der Waals surface area (Å²) >= 11 is 0. The third kappa shape index (κ3) is 2.42. The maximum absolute atomic E-state index is 11.3. The molecule has 5 nitrogen and oxygen atoms in total. The van der Waals surface area contributed by atoms with E-state index in [2.05, 4.69) is 5.32 Å². The zero-order chi connectivity index (χ0) is 9.84. The fourth-order valence-corrected chi connectivity index (χ4v) is 1.25. The van der Waals surface area contributed by atoms with Crippen LogP contribution in [0.3, 0.4) is 0 Å². The molecule has 13 heavy (non-hydrogen) atoms. The van der Waals surface area contributed by atoms with E-state index in [4.69, 9.17) is 4.74 Å². The SMILES string of the molecule is CNC(=O)C(=O)N1CCOC(C)C1. The molecule has 1 atom stereocenters. The number of nitrogens with zero attached hydrogens (tertiary/aromatic N) is 1. The minimum Gasteiger partial charge on any atom is -0.375 e. The van der Waals surface area contributed by atoms with Gasteiger partial charge in [-0.1, -0.05) is 0 Å². The lowest BCUT2D eigenvalue weighted by Crippen LogP contribution is -2.49. The molecule has 1 fully saturated rings. The highest BCUT2D eigenvalue weighted by molar-refractivity contribution is 6.34. The average Bonchev–Trinajstić information content (AvgIpc) is 2.15. The summed E-state index contributed by atoms with van der Waals surface area (Å²) in [7, 11) is 1.45. The van der Waals surface area contributed by atoms with Gasteiger partial charge >= 0.3 is 11.8 Å². The Morgan fingerprint density at radius 3 is 2.77 bits per heavy atom. The number of nitrogens with one attached hydrogen (secondary N) is 1. The Labute approximate surface area is 77.0 Å². The molecule has 1 heterocycles. The molecule has 1 rings (SSSR count). The van der Waals surface area contributed by atoms with E-state index < -0.39 is 11.8 Å². The van der Waals surface area contributed by atoms with E-state index in [1.807, 2.05) is 6.92 Å². The molecule has 0 aromatic heterocycles. The van der Waals surface area contributed by atoms with E-state index in [0.717, 1.165) is 0 Å². The van der Waals surface area contributed by atoms with Gasteiger partial charge in [0.2, 0.25) is 0 Å². The van der Waals surface area contributed by atoms with Crippen molar-refractivity contribution >= 4 is 11.8 Å². The summed E-state index contributed by atoms with van der Waals surface area (Å²) in [4.78, 5) is 23.8. The van der Waals surface area contributed by atoms with E-state index >= 15 is 0 Å². The van der Waals surface area contributed by atoms with Gasteiger partial charge in [0, 0.05) is 20.1 Å². The van der Waals surface area contributed by atoms with Crippen LogP contribution in [0.5, 0.6) is 0 Å². The molecule has 0 radical (unpaired) electrons. The lowest BCUT2D eigenvalue weighted by atomic mass is 10.3. The summed E-state index contributed by atoms with van der Waals surface area (Å²) < 4.78 is 5.25. The molecule has 1 unspecified atom stereocenters. The van der Waals surface area contributed by atoms with Crippen molar-refractivity contribution < 1.29 is 14.3 Å². The van der Waals surface area contributed by atoms with Crippen molar-refractivity contribution in [3.63, 3.8) is 0 Å². The summed E-state index contributed by atoms with van der Waals surface area (Å²) in [5.41, 5.74) is 0. The van der Waals surface area contributed by atoms with Crippen molar-refractivity contribution in [3.8, 4) is 0 Å². The third-order valence-electron chi connectivity index (χ3n) is 1.95. The molecule has 1 N–H and O–H groups in total. The standard InChI is InChI=1S/C8H14N2O3/c1-6-5-10(3-4-13-6)8(12)7(11)9-2/h6H,3-5H2,1-2H3,(H,9,11). The van der Waals surface area contributed by atoms with Crippen LogP contribution >= 0.6 is 0 Å². The van der Waals surface area contributed by atoms with Crippen molar-refractivity contribution in [1.29, 1.82) is 0 Å². The summed E-state index contributed by atoms with van der Waals surface area (Å²) in [5.74, 6) is -1.04. The fraction of sp³-hybridized carbons (Fsp3) is 0.750. The number of amides is 2. The quantitative estimate of drug-likeness (QED) is 0.493. The second-order valence-electron chi connectivity index (χ2n) is 3.01. The normalized spacial score (nSPS) is 22.6. The largest absolute Gasteiger partial charge is 0.375 e. The van der Waals surface area contributed by atoms with Gasteiger partial charge in [0.15, 0.2) is 0 Å². The number of rotatable bonds is 0. The van der Waals surface area contributed by atoms with Crippen LogP contribution in [0.4, 0.5) is 0 Å². The molecule has 0 saturated carbocycles. The molecule has 74 valence electrons. The Hall–Kier alpha value is -1.10. The Morgan fingerprint density at radius 2 is 2.23 bits per heavy atom. The van der Waals surface area contributed by atoms with Crippen LogP contribution in [0.25, 0.3) is 0 Å². The second kappa shape index (κ2) is 4.23. The van der Waals surface area contributed by atoms with E-state index in [1.165, 1.54) is 11.9 Å². The molecule has 0 aliphatic carbocycles. The molecular formula is C8H14N2O3. The van der Waals surface area contributed by atoms with E-state index in [9.17, 15) is 9.59 Å². The van der Waals surface area contributed by atoms with E-state index in [1.54, 1.807) is 0 Å². The zero-order valence-corrected chi connectivity index (χ0v) is 7.87. The van der Waals surface area contributed by atoms with Gasteiger partial charge < -0.3 is 15.0 Å². The van der Waals surface area contributed by atoms with Gasteiger partial charge in [0.25, 0.3) is 0 Å². The molecule has 0 spiro atoms. The van der Waals surface area contributed by atoms with Crippen LogP contribution in [-0.4, -0.2) is 49.6 Å². The maximum Gasteiger partial charge on any atom is 0.312 e. The molecule has 0 aromatic carbocycles. The van der Waals surface area contributed by atoms with Crippen LogP contribution in [0.2, 0.25) is 0 Å². The smallest absolute Gasteiger partial charge is 0.312 e. The predicted octanol–water partition coefficient (Wildman–Crippen LogP) is -1.02. The Morgan fingerprint density at radius 1 is 1.54 bits per heavy atom. The van der Waals surface area contributed by atoms with Gasteiger partial charge in [-0.2, -0.15) is 0 Å². The highest BCUT2D eigenvalue weighted by Gasteiger charge is 2.25. The van der Waals surface area contributed by atoms with Crippen molar-refractivity contribution in [2.45, 2.75) is 13.0 Å². The average molecular weight is 186 g/mol. The topological polar surface area (TPSA) is 58.6 Å². The molecule has 1 saturated heterocycles. The Balaban J connectivity index is 2.51. The fourth-order valence-electron chi connectivity index (χ4n) is 1.25. The van der Waals surface area contributed by atoms with Gasteiger partial charge in [0.05, 0.1) is 12.7 Å². The van der Waals surface area contributed by atoms with Crippen LogP contribution in [0.1, 0.15) is 6.92 Å². The maximum atomic E-state index is 11.3. The first-order chi connectivity index (χ1) is 6.15. The summed E-state index contributed by atoms with van der Waals surface area (Å²) in [5, 5.41) is 2.31. The molecule has 1 aliphatic rings. The highest BCUT2D eigenvalue weighted by atomic mass is 16.5. The number of ether oxygens (including phenoxy) is 1. The minimum atomic E-state index is -0.561. The number of morpholine rings is 1. The van der Waals surface area contributed by atoms with Crippen molar-refractivity contribution in [2.75, 3.05) is 26.7 Å². The second-order valence-corrected chi connectivity index (χ2v) is 3.01. The number of hydrogen-bond donors (Lipinski definition) is 1. The van der Waals surface area contributed by atoms with Crippen molar-refractivity contribution in [2.24, 2.45) is 0 Å². The zero-order valence-electron chi connectivity index (χ0n) is 7.87. The molecule has 5 heteroatoms. The summed E-state index contributed by atoms with van der Waals surface area (Å²) in [6, 6.07) is 0. The van der Waals surface area contributed by atoms with Gasteiger partial charge in [0.1, 0.15) is 0 Å². The molecule has 1 aliphatic heterocycles. The lowest BCUT2D eigenvalue weighted by Gasteiger charge is -2.30. The highest BCUT2D eigenvalue weighted by Crippen LogP contribution is 2.04. The number of likely N-dealkylation sites (N-methyl/N-ethyl adjacent to an activating group) is 1. The number of carbonyl (C=O) groups excluding carboxylic acids is 2. The van der Waals surface area contributed by atoms with Gasteiger partial charge in [-0.3, -0.25) is 9.59 Å². The van der Waals surface area contributed by atoms with Gasteiger partial charge in [-0.15, -0.1) is 0 Å². The van der Waals surface area contributed by atoms with Gasteiger partial charge in [-0.25, -0.2) is 0 Å². The van der Waals surface area contributed by atoms with Crippen LogP contribution in [0.15, 0.2) is 0 Å². The predicted molar refractivity (Wildman–Crippen MR) is 46.1 cm³/mol. The molecule has 2 amide bonds. The molecule has 0 aromatic rings.